The van der Waals surface area contributed by atoms with Gasteiger partial charge in [-0.25, -0.2) is 8.78 Å². The Kier molecular flexibility index (Phi) is 5.46. The maximum atomic E-state index is 14.9. The van der Waals surface area contributed by atoms with Gasteiger partial charge >= 0.3 is 0 Å². The summed E-state index contributed by atoms with van der Waals surface area (Å²) in [6.45, 7) is 3.89. The lowest BCUT2D eigenvalue weighted by molar-refractivity contribution is 0.357. The first-order valence-corrected chi connectivity index (χ1v) is 9.78. The lowest BCUT2D eigenvalue weighted by Crippen LogP contribution is -2.26. The normalized spacial score (nSPS) is 26.9. The highest BCUT2D eigenvalue weighted by atomic mass is 127. The van der Waals surface area contributed by atoms with Gasteiger partial charge in [-0.1, -0.05) is 71.5 Å². The Morgan fingerprint density at radius 1 is 1.20 bits per heavy atom. The van der Waals surface area contributed by atoms with Crippen LogP contribution in [0.4, 0.5) is 8.78 Å². The monoisotopic (exact) mass is 453 g/mol. The lowest BCUT2D eigenvalue weighted by atomic mass is 9.81. The summed E-state index contributed by atoms with van der Waals surface area (Å²) in [5.41, 5.74) is 10.6. The highest BCUT2D eigenvalue weighted by Crippen LogP contribution is 2.42. The third kappa shape index (κ3) is 3.73. The third-order valence-electron chi connectivity index (χ3n) is 4.95. The van der Waals surface area contributed by atoms with E-state index in [0.29, 0.717) is 5.57 Å². The van der Waals surface area contributed by atoms with Gasteiger partial charge in [0.2, 0.25) is 0 Å². The number of hydrogen-bond acceptors (Lipinski definition) is 1. The fourth-order valence-corrected chi connectivity index (χ4v) is 4.59. The molecule has 3 atom stereocenters. The molecule has 1 nitrogen and oxygen atoms in total. The van der Waals surface area contributed by atoms with Crippen molar-refractivity contribution in [2.24, 2.45) is 11.7 Å². The van der Waals surface area contributed by atoms with Crippen LogP contribution in [0, 0.1) is 5.92 Å². The summed E-state index contributed by atoms with van der Waals surface area (Å²) in [6, 6.07) is 8.21. The van der Waals surface area contributed by atoms with Crippen molar-refractivity contribution in [2.75, 3.05) is 0 Å². The van der Waals surface area contributed by atoms with Crippen molar-refractivity contribution in [3.63, 3.8) is 0 Å². The fraction of sp³-hybridized carbons (Fsp3) is 0.333. The molecule has 3 unspecified atom stereocenters. The zero-order valence-electron chi connectivity index (χ0n) is 14.4. The molecular weight excluding hydrogens is 431 g/mol. The maximum Gasteiger partial charge on any atom is 0.143 e. The summed E-state index contributed by atoms with van der Waals surface area (Å²) < 4.78 is 29.0. The van der Waals surface area contributed by atoms with Gasteiger partial charge < -0.3 is 5.73 Å². The van der Waals surface area contributed by atoms with Crippen LogP contribution in [-0.2, 0) is 6.42 Å². The van der Waals surface area contributed by atoms with Crippen LogP contribution >= 0.6 is 22.6 Å². The third-order valence-corrected chi connectivity index (χ3v) is 6.03. The molecule has 0 amide bonds. The van der Waals surface area contributed by atoms with E-state index in [9.17, 15) is 8.78 Å². The van der Waals surface area contributed by atoms with Gasteiger partial charge in [0.1, 0.15) is 12.0 Å². The van der Waals surface area contributed by atoms with Gasteiger partial charge in [-0.2, -0.15) is 0 Å². The minimum atomic E-state index is -1.22. The smallest absolute Gasteiger partial charge is 0.143 e. The average molecular weight is 453 g/mol. The molecule has 0 radical (unpaired) electrons. The van der Waals surface area contributed by atoms with Crippen LogP contribution in [0.2, 0.25) is 0 Å². The second-order valence-corrected chi connectivity index (χ2v) is 8.09. The second kappa shape index (κ2) is 7.44. The van der Waals surface area contributed by atoms with Crippen molar-refractivity contribution in [1.29, 1.82) is 0 Å². The summed E-state index contributed by atoms with van der Waals surface area (Å²) in [4.78, 5) is 0. The number of alkyl halides is 2. The second-order valence-electron chi connectivity index (χ2n) is 6.65. The number of rotatable bonds is 3. The molecule has 0 aliphatic heterocycles. The number of nitrogens with two attached hydrogens (primary N) is 1. The van der Waals surface area contributed by atoms with Crippen molar-refractivity contribution in [3.8, 4) is 0 Å². The Hall–Kier alpha value is -1.43. The fourth-order valence-electron chi connectivity index (χ4n) is 3.40. The zero-order chi connectivity index (χ0) is 18.1. The molecule has 3 rings (SSSR count). The molecule has 132 valence electrons. The summed E-state index contributed by atoms with van der Waals surface area (Å²) in [6.07, 6.45) is 5.44. The van der Waals surface area contributed by atoms with Gasteiger partial charge in [0, 0.05) is 22.0 Å². The minimum Gasteiger partial charge on any atom is -0.399 e. The van der Waals surface area contributed by atoms with E-state index in [1.807, 2.05) is 18.2 Å². The van der Waals surface area contributed by atoms with Crippen LogP contribution in [0.25, 0.3) is 5.57 Å². The quantitative estimate of drug-likeness (QED) is 0.453. The molecule has 1 aromatic rings. The largest absolute Gasteiger partial charge is 0.399 e. The first-order chi connectivity index (χ1) is 11.9. The van der Waals surface area contributed by atoms with Gasteiger partial charge in [-0.15, -0.1) is 0 Å². The van der Waals surface area contributed by atoms with E-state index in [2.05, 4.69) is 47.7 Å². The first-order valence-electron chi connectivity index (χ1n) is 8.53. The summed E-state index contributed by atoms with van der Waals surface area (Å²) in [5, 5.41) is 0. The molecule has 0 bridgehead atoms. The highest BCUT2D eigenvalue weighted by molar-refractivity contribution is 14.1. The van der Waals surface area contributed by atoms with Crippen LogP contribution in [0.3, 0.4) is 0 Å². The minimum absolute atomic E-state index is 0.0611. The molecule has 25 heavy (non-hydrogen) atoms. The summed E-state index contributed by atoms with van der Waals surface area (Å²) in [5.74, 6) is -0.622. The van der Waals surface area contributed by atoms with Crippen molar-refractivity contribution in [2.45, 2.75) is 36.8 Å². The van der Waals surface area contributed by atoms with Crippen molar-refractivity contribution >= 4 is 28.2 Å². The van der Waals surface area contributed by atoms with E-state index < -0.39 is 12.1 Å². The van der Waals surface area contributed by atoms with Crippen molar-refractivity contribution in [3.05, 3.63) is 76.3 Å². The first kappa shape index (κ1) is 18.4. The predicted octanol–water partition coefficient (Wildman–Crippen LogP) is 5.82. The maximum absolute atomic E-state index is 14.9. The van der Waals surface area contributed by atoms with Gasteiger partial charge in [0.15, 0.2) is 0 Å². The zero-order valence-corrected chi connectivity index (χ0v) is 16.6. The Balaban J connectivity index is 1.89. The average Bonchev–Trinajstić information content (AvgIpc) is 2.59. The molecule has 4 heteroatoms. The Morgan fingerprint density at radius 2 is 1.88 bits per heavy atom. The van der Waals surface area contributed by atoms with E-state index in [4.69, 9.17) is 5.73 Å². The Labute approximate surface area is 161 Å². The Bertz CT molecular complexity index is 787. The number of benzene rings is 1. The molecule has 0 saturated carbocycles. The summed E-state index contributed by atoms with van der Waals surface area (Å²) >= 11 is 2.24. The van der Waals surface area contributed by atoms with Crippen LogP contribution < -0.4 is 5.73 Å². The molecule has 2 aliphatic carbocycles. The van der Waals surface area contributed by atoms with Crippen LogP contribution in [0.5, 0.6) is 0 Å². The SMILES string of the molecule is CCc1ccc(C2=CC(I)C(C3=CC(C)=C(N)C(F)C3)C(F)=C2)cc1. The van der Waals surface area contributed by atoms with Crippen molar-refractivity contribution < 1.29 is 8.78 Å². The van der Waals surface area contributed by atoms with Gasteiger partial charge in [-0.3, -0.25) is 0 Å². The van der Waals surface area contributed by atoms with Gasteiger partial charge in [-0.05, 0) is 41.7 Å². The molecule has 0 spiro atoms. The number of aryl methyl sites for hydroxylation is 1. The Morgan fingerprint density at radius 3 is 2.44 bits per heavy atom. The van der Waals surface area contributed by atoms with E-state index in [1.165, 1.54) is 5.56 Å². The van der Waals surface area contributed by atoms with Gasteiger partial charge in [0.25, 0.3) is 0 Å². The molecule has 0 heterocycles. The number of hydrogen-bond donors (Lipinski definition) is 1. The predicted molar refractivity (Wildman–Crippen MR) is 109 cm³/mol. The van der Waals surface area contributed by atoms with Crippen molar-refractivity contribution in [1.82, 2.24) is 0 Å². The summed E-state index contributed by atoms with van der Waals surface area (Å²) in [7, 11) is 0. The number of allylic oxidation sites excluding steroid dienone is 8. The molecule has 2 N–H and O–H groups in total. The molecule has 0 aromatic heterocycles. The number of halogens is 3. The van der Waals surface area contributed by atoms with E-state index in [1.54, 1.807) is 13.0 Å². The van der Waals surface area contributed by atoms with E-state index >= 15 is 0 Å². The van der Waals surface area contributed by atoms with Crippen LogP contribution in [-0.4, -0.2) is 10.1 Å². The van der Waals surface area contributed by atoms with Crippen LogP contribution in [0.15, 0.2) is 65.2 Å². The van der Waals surface area contributed by atoms with Gasteiger partial charge in [0.05, 0.1) is 0 Å². The standard InChI is InChI=1S/C21H22F2IN/c1-3-13-4-6-14(7-5-13)15-9-17(22)20(19(24)11-15)16-8-12(2)21(25)18(23)10-16/h4-9,11,18-20H,3,10,25H2,1-2H3. The lowest BCUT2D eigenvalue weighted by Gasteiger charge is -2.30. The van der Waals surface area contributed by atoms with E-state index in [-0.39, 0.29) is 21.9 Å². The molecule has 1 aromatic carbocycles. The van der Waals surface area contributed by atoms with Crippen LogP contribution in [0.1, 0.15) is 31.4 Å². The highest BCUT2D eigenvalue weighted by Gasteiger charge is 2.33. The van der Waals surface area contributed by atoms with E-state index in [0.717, 1.165) is 23.1 Å². The molecular formula is C21H22F2IN. The molecule has 2 aliphatic rings. The molecule has 0 saturated heterocycles. The topological polar surface area (TPSA) is 26.0 Å². The molecule has 0 fully saturated rings.